The van der Waals surface area contributed by atoms with Gasteiger partial charge in [0.05, 0.1) is 5.41 Å². The van der Waals surface area contributed by atoms with Crippen LogP contribution in [0, 0.1) is 6.92 Å². The number of hydrogen-bond donors (Lipinski definition) is 1. The Morgan fingerprint density at radius 3 is 2.56 bits per heavy atom. The summed E-state index contributed by atoms with van der Waals surface area (Å²) in [4.78, 5) is 16.7. The topological polar surface area (TPSA) is 79.5 Å². The Kier molecular flexibility index (Phi) is 2.83. The Hall–Kier alpha value is -1.59. The van der Waals surface area contributed by atoms with E-state index in [2.05, 4.69) is 10.1 Å². The van der Waals surface area contributed by atoms with Gasteiger partial charge in [-0.2, -0.15) is 4.98 Å². The van der Waals surface area contributed by atoms with E-state index >= 15 is 0 Å². The Morgan fingerprint density at radius 1 is 1.56 bits per heavy atom. The van der Waals surface area contributed by atoms with Crippen molar-refractivity contribution in [1.29, 1.82) is 0 Å². The van der Waals surface area contributed by atoms with Gasteiger partial charge in [0.2, 0.25) is 5.89 Å². The highest BCUT2D eigenvalue weighted by atomic mass is 16.5. The summed E-state index contributed by atoms with van der Waals surface area (Å²) < 4.78 is 5.25. The van der Waals surface area contributed by atoms with Crippen LogP contribution >= 0.6 is 0 Å². The molecule has 1 saturated carbocycles. The lowest BCUT2D eigenvalue weighted by atomic mass is 9.87. The third-order valence-electron chi connectivity index (χ3n) is 3.80. The average Bonchev–Trinajstić information content (AvgIpc) is 2.89. The van der Waals surface area contributed by atoms with Crippen molar-refractivity contribution in [2.24, 2.45) is 0 Å². The first-order valence-corrected chi connectivity index (χ1v) is 6.04. The van der Waals surface area contributed by atoms with Gasteiger partial charge in [-0.15, -0.1) is 0 Å². The van der Waals surface area contributed by atoms with Gasteiger partial charge in [-0.25, -0.2) is 4.79 Å². The predicted molar refractivity (Wildman–Crippen MR) is 64.4 cm³/mol. The summed E-state index contributed by atoms with van der Waals surface area (Å²) in [6.07, 6.45) is 1.74. The molecule has 0 spiro atoms. The lowest BCUT2D eigenvalue weighted by Gasteiger charge is -2.35. The summed E-state index contributed by atoms with van der Waals surface area (Å²) in [6, 6.07) is 0. The molecule has 0 unspecified atom stereocenters. The quantitative estimate of drug-likeness (QED) is 0.889. The highest BCUT2D eigenvalue weighted by molar-refractivity contribution is 5.65. The number of hydrogen-bond acceptors (Lipinski definition) is 4. The molecule has 0 radical (unpaired) electrons. The molecule has 18 heavy (non-hydrogen) atoms. The van der Waals surface area contributed by atoms with Crippen LogP contribution in [0.4, 0.5) is 4.79 Å². The maximum Gasteiger partial charge on any atom is 0.407 e. The van der Waals surface area contributed by atoms with Gasteiger partial charge in [-0.3, -0.25) is 0 Å². The third kappa shape index (κ3) is 2.19. The highest BCUT2D eigenvalue weighted by Gasteiger charge is 2.53. The maximum atomic E-state index is 11.1. The number of amides is 1. The number of nitrogens with zero attached hydrogens (tertiary/aromatic N) is 3. The second-order valence-corrected chi connectivity index (χ2v) is 5.76. The second kappa shape index (κ2) is 3.96. The van der Waals surface area contributed by atoms with E-state index in [-0.39, 0.29) is 5.41 Å². The van der Waals surface area contributed by atoms with E-state index in [1.165, 1.54) is 4.90 Å². The molecular formula is C12H19N3O3. The summed E-state index contributed by atoms with van der Waals surface area (Å²) in [5.41, 5.74) is -0.584. The molecule has 100 valence electrons. The molecule has 0 atom stereocenters. The largest absolute Gasteiger partial charge is 0.465 e. The van der Waals surface area contributed by atoms with Crippen LogP contribution in [0.5, 0.6) is 0 Å². The van der Waals surface area contributed by atoms with E-state index in [4.69, 9.17) is 9.63 Å². The molecule has 1 aliphatic carbocycles. The highest BCUT2D eigenvalue weighted by Crippen LogP contribution is 2.53. The van der Waals surface area contributed by atoms with E-state index < -0.39 is 11.6 Å². The second-order valence-electron chi connectivity index (χ2n) is 5.76. The molecule has 1 aromatic heterocycles. The fraction of sp³-hybridized carbons (Fsp3) is 0.750. The minimum atomic E-state index is -0.919. The molecule has 2 rings (SSSR count). The SMILES string of the molecule is Cc1noc(C2(CC(C)(C)N(C)C(=O)O)CC2)n1. The third-order valence-corrected chi connectivity index (χ3v) is 3.80. The molecule has 1 amide bonds. The van der Waals surface area contributed by atoms with Crippen LogP contribution in [-0.2, 0) is 5.41 Å². The molecule has 1 heterocycles. The fourth-order valence-electron chi connectivity index (χ4n) is 2.34. The van der Waals surface area contributed by atoms with E-state index in [1.807, 2.05) is 13.8 Å². The smallest absolute Gasteiger partial charge is 0.407 e. The lowest BCUT2D eigenvalue weighted by molar-refractivity contribution is 0.0973. The molecule has 1 aliphatic rings. The average molecular weight is 253 g/mol. The van der Waals surface area contributed by atoms with Crippen molar-refractivity contribution in [3.63, 3.8) is 0 Å². The molecule has 0 aromatic carbocycles. The van der Waals surface area contributed by atoms with Crippen molar-refractivity contribution < 1.29 is 14.4 Å². The van der Waals surface area contributed by atoms with E-state index in [0.29, 0.717) is 18.1 Å². The van der Waals surface area contributed by atoms with Crippen LogP contribution in [0.25, 0.3) is 0 Å². The molecule has 1 fully saturated rings. The molecule has 0 saturated heterocycles. The maximum absolute atomic E-state index is 11.1. The monoisotopic (exact) mass is 253 g/mol. The molecular weight excluding hydrogens is 234 g/mol. The van der Waals surface area contributed by atoms with E-state index in [0.717, 1.165) is 12.8 Å². The van der Waals surface area contributed by atoms with E-state index in [9.17, 15) is 4.79 Å². The van der Waals surface area contributed by atoms with Crippen LogP contribution in [-0.4, -0.2) is 38.8 Å². The number of aryl methyl sites for hydroxylation is 1. The summed E-state index contributed by atoms with van der Waals surface area (Å²) in [5.74, 6) is 1.27. The van der Waals surface area contributed by atoms with Gasteiger partial charge >= 0.3 is 6.09 Å². The van der Waals surface area contributed by atoms with Crippen LogP contribution in [0.1, 0.15) is 44.8 Å². The lowest BCUT2D eigenvalue weighted by Crippen LogP contribution is -2.46. The summed E-state index contributed by atoms with van der Waals surface area (Å²) in [6.45, 7) is 5.63. The zero-order valence-corrected chi connectivity index (χ0v) is 11.2. The van der Waals surface area contributed by atoms with Gasteiger partial charge in [0.1, 0.15) is 0 Å². The molecule has 0 bridgehead atoms. The Balaban J connectivity index is 2.16. The van der Waals surface area contributed by atoms with Crippen molar-refractivity contribution in [2.45, 2.75) is 51.0 Å². The minimum Gasteiger partial charge on any atom is -0.465 e. The summed E-state index contributed by atoms with van der Waals surface area (Å²) in [7, 11) is 1.59. The van der Waals surface area contributed by atoms with E-state index in [1.54, 1.807) is 14.0 Å². The van der Waals surface area contributed by atoms with Gasteiger partial charge in [0.25, 0.3) is 0 Å². The molecule has 0 aliphatic heterocycles. The molecule has 1 N–H and O–H groups in total. The predicted octanol–water partition coefficient (Wildman–Crippen LogP) is 2.19. The van der Waals surface area contributed by atoms with Crippen molar-refractivity contribution in [1.82, 2.24) is 15.0 Å². The van der Waals surface area contributed by atoms with Gasteiger partial charge < -0.3 is 14.5 Å². The van der Waals surface area contributed by atoms with Crippen LogP contribution in [0.15, 0.2) is 4.52 Å². The van der Waals surface area contributed by atoms with Crippen LogP contribution in [0.3, 0.4) is 0 Å². The van der Waals surface area contributed by atoms with Gasteiger partial charge in [0.15, 0.2) is 5.82 Å². The van der Waals surface area contributed by atoms with Crippen molar-refractivity contribution in [3.8, 4) is 0 Å². The normalized spacial score (nSPS) is 17.6. The standard InChI is InChI=1S/C12H19N3O3/c1-8-13-9(18-14-8)12(5-6-12)7-11(2,3)15(4)10(16)17/h5-7H2,1-4H3,(H,16,17). The summed E-state index contributed by atoms with van der Waals surface area (Å²) in [5, 5.41) is 12.9. The van der Waals surface area contributed by atoms with Crippen molar-refractivity contribution in [2.75, 3.05) is 7.05 Å². The van der Waals surface area contributed by atoms with Crippen LogP contribution in [0.2, 0.25) is 0 Å². The zero-order valence-electron chi connectivity index (χ0n) is 11.2. The van der Waals surface area contributed by atoms with Crippen molar-refractivity contribution in [3.05, 3.63) is 11.7 Å². The van der Waals surface area contributed by atoms with Crippen molar-refractivity contribution >= 4 is 6.09 Å². The number of carbonyl (C=O) groups is 1. The first-order chi connectivity index (χ1) is 8.27. The van der Waals surface area contributed by atoms with Gasteiger partial charge in [0, 0.05) is 12.6 Å². The van der Waals surface area contributed by atoms with Gasteiger partial charge in [-0.05, 0) is 40.0 Å². The minimum absolute atomic E-state index is 0.130. The Bertz CT molecular complexity index is 463. The molecule has 1 aromatic rings. The summed E-state index contributed by atoms with van der Waals surface area (Å²) >= 11 is 0. The zero-order chi connectivity index (χ0) is 13.6. The van der Waals surface area contributed by atoms with Crippen LogP contribution < -0.4 is 0 Å². The molecule has 6 nitrogen and oxygen atoms in total. The number of aromatic nitrogens is 2. The number of carboxylic acid groups (broad SMARTS) is 1. The molecule has 6 heteroatoms. The first-order valence-electron chi connectivity index (χ1n) is 6.04. The number of rotatable bonds is 4. The Morgan fingerprint density at radius 2 is 2.17 bits per heavy atom. The van der Waals surface area contributed by atoms with Gasteiger partial charge in [-0.1, -0.05) is 5.16 Å². The Labute approximate surface area is 106 Å². The first kappa shape index (κ1) is 12.9. The fourth-order valence-corrected chi connectivity index (χ4v) is 2.34.